The average molecular weight is 225 g/mol. The number of nitrogen functional groups attached to an aromatic ring is 1. The normalized spacial score (nSPS) is 11.1. The highest BCUT2D eigenvalue weighted by Crippen LogP contribution is 2.27. The Labute approximate surface area is 93.1 Å². The first-order valence-corrected chi connectivity index (χ1v) is 5.28. The van der Waals surface area contributed by atoms with Gasteiger partial charge in [0, 0.05) is 19.7 Å². The van der Waals surface area contributed by atoms with Crippen LogP contribution in [-0.4, -0.2) is 14.5 Å². The van der Waals surface area contributed by atoms with E-state index in [1.54, 1.807) is 6.20 Å². The van der Waals surface area contributed by atoms with E-state index in [-0.39, 0.29) is 0 Å². The number of nitrogens with zero attached hydrogens (tertiary/aromatic N) is 3. The van der Waals surface area contributed by atoms with E-state index in [0.717, 1.165) is 29.7 Å². The van der Waals surface area contributed by atoms with Crippen molar-refractivity contribution in [3.8, 4) is 0 Å². The molecule has 15 heavy (non-hydrogen) atoms. The Hall–Kier alpha value is -1.29. The van der Waals surface area contributed by atoms with Gasteiger partial charge < -0.3 is 10.3 Å². The Kier molecular flexibility index (Phi) is 2.52. The predicted octanol–water partition coefficient (Wildman–Crippen LogP) is 2.16. The lowest BCUT2D eigenvalue weighted by molar-refractivity contribution is 0.832. The van der Waals surface area contributed by atoms with E-state index in [4.69, 9.17) is 17.3 Å². The van der Waals surface area contributed by atoms with Crippen LogP contribution in [-0.2, 0) is 13.5 Å². The molecule has 0 amide bonds. The van der Waals surface area contributed by atoms with Crippen LogP contribution in [0.1, 0.15) is 19.2 Å². The Morgan fingerprint density at radius 2 is 2.20 bits per heavy atom. The van der Waals surface area contributed by atoms with Crippen molar-refractivity contribution in [1.29, 1.82) is 0 Å². The van der Waals surface area contributed by atoms with Gasteiger partial charge in [0.05, 0.1) is 11.1 Å². The second-order valence-corrected chi connectivity index (χ2v) is 3.93. The third-order valence-electron chi connectivity index (χ3n) is 2.32. The molecule has 0 bridgehead atoms. The number of nitrogens with two attached hydrogens (primary N) is 1. The van der Waals surface area contributed by atoms with Crippen molar-refractivity contribution < 1.29 is 0 Å². The summed E-state index contributed by atoms with van der Waals surface area (Å²) in [7, 11) is 1.90. The van der Waals surface area contributed by atoms with E-state index >= 15 is 0 Å². The Balaban J connectivity index is 2.70. The minimum Gasteiger partial charge on any atom is -0.397 e. The molecule has 0 saturated carbocycles. The molecule has 0 aliphatic carbocycles. The summed E-state index contributed by atoms with van der Waals surface area (Å²) in [6.07, 6.45) is 3.64. The highest BCUT2D eigenvalue weighted by molar-refractivity contribution is 6.35. The quantitative estimate of drug-likeness (QED) is 0.796. The number of anilines is 1. The van der Waals surface area contributed by atoms with Crippen LogP contribution in [0.2, 0.25) is 5.15 Å². The van der Waals surface area contributed by atoms with Crippen molar-refractivity contribution in [2.75, 3.05) is 5.73 Å². The number of aromatic nitrogens is 3. The van der Waals surface area contributed by atoms with Gasteiger partial charge in [-0.3, -0.25) is 0 Å². The standard InChI is InChI=1S/C10H13ClN4/c1-3-4-7-13-9(11)8-6(12)5-15(2)10(8)14-7/h5H,3-4,12H2,1-2H3. The number of fused-ring (bicyclic) bond motifs is 1. The Morgan fingerprint density at radius 1 is 1.47 bits per heavy atom. The molecule has 0 atom stereocenters. The molecule has 2 aromatic heterocycles. The van der Waals surface area contributed by atoms with Crippen LogP contribution in [0.25, 0.3) is 11.0 Å². The summed E-state index contributed by atoms with van der Waals surface area (Å²) in [6.45, 7) is 2.08. The van der Waals surface area contributed by atoms with Gasteiger partial charge in [0.25, 0.3) is 0 Å². The summed E-state index contributed by atoms with van der Waals surface area (Å²) in [6, 6.07) is 0. The fourth-order valence-corrected chi connectivity index (χ4v) is 1.93. The molecule has 2 aromatic rings. The molecule has 2 heterocycles. The van der Waals surface area contributed by atoms with Crippen molar-refractivity contribution >= 4 is 28.3 Å². The lowest BCUT2D eigenvalue weighted by Crippen LogP contribution is -1.98. The molecule has 0 spiro atoms. The van der Waals surface area contributed by atoms with E-state index in [1.165, 1.54) is 0 Å². The average Bonchev–Trinajstić information content (AvgIpc) is 2.43. The van der Waals surface area contributed by atoms with Gasteiger partial charge in [-0.2, -0.15) is 0 Å². The van der Waals surface area contributed by atoms with Crippen LogP contribution in [0.3, 0.4) is 0 Å². The van der Waals surface area contributed by atoms with Gasteiger partial charge in [-0.05, 0) is 6.42 Å². The lowest BCUT2D eigenvalue weighted by Gasteiger charge is -2.01. The molecule has 0 aliphatic heterocycles. The Morgan fingerprint density at radius 3 is 2.87 bits per heavy atom. The fraction of sp³-hybridized carbons (Fsp3) is 0.400. The molecule has 0 fully saturated rings. The minimum atomic E-state index is 0.446. The number of hydrogen-bond donors (Lipinski definition) is 1. The first-order valence-electron chi connectivity index (χ1n) is 4.90. The first-order chi connectivity index (χ1) is 7.13. The van der Waals surface area contributed by atoms with Crippen LogP contribution in [0.5, 0.6) is 0 Å². The summed E-state index contributed by atoms with van der Waals surface area (Å²) in [4.78, 5) is 8.66. The van der Waals surface area contributed by atoms with Gasteiger partial charge in [-0.15, -0.1) is 0 Å². The van der Waals surface area contributed by atoms with Gasteiger partial charge >= 0.3 is 0 Å². The summed E-state index contributed by atoms with van der Waals surface area (Å²) in [5.41, 5.74) is 7.24. The van der Waals surface area contributed by atoms with E-state index in [2.05, 4.69) is 16.9 Å². The van der Waals surface area contributed by atoms with E-state index in [9.17, 15) is 0 Å². The number of rotatable bonds is 2. The van der Waals surface area contributed by atoms with Gasteiger partial charge in [-0.25, -0.2) is 9.97 Å². The van der Waals surface area contributed by atoms with Crippen molar-refractivity contribution in [3.05, 3.63) is 17.2 Å². The molecule has 4 nitrogen and oxygen atoms in total. The maximum atomic E-state index is 6.07. The SMILES string of the molecule is CCCc1nc(Cl)c2c(N)cn(C)c2n1. The van der Waals surface area contributed by atoms with Crippen molar-refractivity contribution in [1.82, 2.24) is 14.5 Å². The van der Waals surface area contributed by atoms with Crippen LogP contribution < -0.4 is 5.73 Å². The van der Waals surface area contributed by atoms with Crippen molar-refractivity contribution in [2.24, 2.45) is 7.05 Å². The van der Waals surface area contributed by atoms with E-state index in [1.807, 2.05) is 11.6 Å². The molecular weight excluding hydrogens is 212 g/mol. The molecular formula is C10H13ClN4. The molecule has 0 aliphatic rings. The first kappa shape index (κ1) is 10.2. The van der Waals surface area contributed by atoms with Crippen LogP contribution in [0.15, 0.2) is 6.20 Å². The van der Waals surface area contributed by atoms with Crippen molar-refractivity contribution in [3.63, 3.8) is 0 Å². The van der Waals surface area contributed by atoms with Crippen LogP contribution in [0, 0.1) is 0 Å². The summed E-state index contributed by atoms with van der Waals surface area (Å²) < 4.78 is 1.87. The largest absolute Gasteiger partial charge is 0.397 e. The second-order valence-electron chi connectivity index (χ2n) is 3.57. The molecule has 0 unspecified atom stereocenters. The van der Waals surface area contributed by atoms with Gasteiger partial charge in [-0.1, -0.05) is 18.5 Å². The molecule has 5 heteroatoms. The van der Waals surface area contributed by atoms with Gasteiger partial charge in [0.2, 0.25) is 0 Å². The Bertz CT molecular complexity index is 504. The summed E-state index contributed by atoms with van der Waals surface area (Å²) in [5, 5.41) is 1.19. The molecule has 2 rings (SSSR count). The molecule has 2 N–H and O–H groups in total. The second kappa shape index (κ2) is 3.70. The number of hydrogen-bond acceptors (Lipinski definition) is 3. The zero-order valence-electron chi connectivity index (χ0n) is 8.79. The molecule has 80 valence electrons. The fourth-order valence-electron chi connectivity index (χ4n) is 1.64. The summed E-state index contributed by atoms with van der Waals surface area (Å²) >= 11 is 6.07. The smallest absolute Gasteiger partial charge is 0.147 e. The third kappa shape index (κ3) is 1.65. The maximum absolute atomic E-state index is 6.07. The number of halogens is 1. The maximum Gasteiger partial charge on any atom is 0.147 e. The summed E-state index contributed by atoms with van der Waals surface area (Å²) in [5.74, 6) is 0.774. The highest BCUT2D eigenvalue weighted by atomic mass is 35.5. The third-order valence-corrected chi connectivity index (χ3v) is 2.59. The van der Waals surface area contributed by atoms with Gasteiger partial charge in [0.15, 0.2) is 0 Å². The van der Waals surface area contributed by atoms with Crippen LogP contribution in [0.4, 0.5) is 5.69 Å². The highest BCUT2D eigenvalue weighted by Gasteiger charge is 2.12. The number of aryl methyl sites for hydroxylation is 2. The monoisotopic (exact) mass is 224 g/mol. The topological polar surface area (TPSA) is 56.7 Å². The van der Waals surface area contributed by atoms with E-state index < -0.39 is 0 Å². The van der Waals surface area contributed by atoms with Gasteiger partial charge in [0.1, 0.15) is 16.6 Å². The minimum absolute atomic E-state index is 0.446. The molecule has 0 aromatic carbocycles. The molecule has 0 radical (unpaired) electrons. The zero-order chi connectivity index (χ0) is 11.0. The van der Waals surface area contributed by atoms with E-state index in [0.29, 0.717) is 10.8 Å². The zero-order valence-corrected chi connectivity index (χ0v) is 9.54. The lowest BCUT2D eigenvalue weighted by atomic mass is 10.3. The van der Waals surface area contributed by atoms with Crippen LogP contribution >= 0.6 is 11.6 Å². The van der Waals surface area contributed by atoms with Crippen molar-refractivity contribution in [2.45, 2.75) is 19.8 Å². The molecule has 0 saturated heterocycles. The predicted molar refractivity (Wildman–Crippen MR) is 61.9 cm³/mol.